The molecule has 2 aromatic rings. The molecule has 1 amide bonds. The highest BCUT2D eigenvalue weighted by atomic mass is 19.1. The molecule has 2 aromatic carbocycles. The van der Waals surface area contributed by atoms with Crippen molar-refractivity contribution in [2.45, 2.75) is 38.6 Å². The maximum absolute atomic E-state index is 15.1. The minimum atomic E-state index is -0.294. The number of anilines is 2. The summed E-state index contributed by atoms with van der Waals surface area (Å²) in [6, 6.07) is 12.6. The third kappa shape index (κ3) is 7.42. The van der Waals surface area contributed by atoms with Gasteiger partial charge in [-0.2, -0.15) is 0 Å². The first-order valence-corrected chi connectivity index (χ1v) is 12.7. The maximum Gasteiger partial charge on any atom is 0.258 e. The van der Waals surface area contributed by atoms with Crippen LogP contribution in [0.15, 0.2) is 42.5 Å². The van der Waals surface area contributed by atoms with E-state index in [1.807, 2.05) is 18.2 Å². The zero-order chi connectivity index (χ0) is 25.4. The molecular weight excluding hydrogens is 443 g/mol. The Morgan fingerprint density at radius 2 is 1.80 bits per heavy atom. The van der Waals surface area contributed by atoms with Gasteiger partial charge in [-0.25, -0.2) is 4.39 Å². The molecule has 35 heavy (non-hydrogen) atoms. The maximum atomic E-state index is 15.1. The van der Waals surface area contributed by atoms with Crippen molar-refractivity contribution in [3.8, 4) is 5.75 Å². The summed E-state index contributed by atoms with van der Waals surface area (Å²) in [6.45, 7) is 6.54. The van der Waals surface area contributed by atoms with Gasteiger partial charge in [0.05, 0.1) is 12.3 Å². The van der Waals surface area contributed by atoms with Crippen LogP contribution in [0, 0.1) is 5.82 Å². The predicted molar refractivity (Wildman–Crippen MR) is 142 cm³/mol. The predicted octanol–water partition coefficient (Wildman–Crippen LogP) is 4.74. The molecule has 1 aliphatic heterocycles. The molecule has 3 rings (SSSR count). The van der Waals surface area contributed by atoms with Gasteiger partial charge in [0.1, 0.15) is 11.6 Å². The smallest absolute Gasteiger partial charge is 0.258 e. The lowest BCUT2D eigenvalue weighted by Crippen LogP contribution is -2.36. The van der Waals surface area contributed by atoms with E-state index in [9.17, 15) is 4.79 Å². The lowest BCUT2D eigenvalue weighted by atomic mass is 10.1. The molecule has 1 saturated heterocycles. The van der Waals surface area contributed by atoms with Gasteiger partial charge in [-0.1, -0.05) is 13.3 Å². The van der Waals surface area contributed by atoms with Gasteiger partial charge < -0.3 is 24.3 Å². The van der Waals surface area contributed by atoms with Crippen LogP contribution in [0.4, 0.5) is 15.8 Å². The van der Waals surface area contributed by atoms with E-state index in [0.717, 1.165) is 57.6 Å². The Morgan fingerprint density at radius 1 is 1.06 bits per heavy atom. The van der Waals surface area contributed by atoms with Crippen molar-refractivity contribution < 1.29 is 13.9 Å². The molecule has 0 spiro atoms. The first-order chi connectivity index (χ1) is 16.8. The molecule has 1 unspecified atom stereocenters. The molecule has 0 aromatic heterocycles. The number of ether oxygens (including phenoxy) is 1. The molecule has 192 valence electrons. The molecule has 1 fully saturated rings. The first-order valence-electron chi connectivity index (χ1n) is 12.7. The summed E-state index contributed by atoms with van der Waals surface area (Å²) in [5, 5.41) is 0. The largest absolute Gasteiger partial charge is 0.494 e. The van der Waals surface area contributed by atoms with Crippen molar-refractivity contribution in [1.29, 1.82) is 0 Å². The molecule has 0 bridgehead atoms. The van der Waals surface area contributed by atoms with Crippen LogP contribution in [0.1, 0.15) is 43.0 Å². The van der Waals surface area contributed by atoms with Gasteiger partial charge in [-0.15, -0.1) is 0 Å². The summed E-state index contributed by atoms with van der Waals surface area (Å²) in [6.07, 6.45) is 4.22. The Morgan fingerprint density at radius 3 is 2.46 bits per heavy atom. The Bertz CT molecular complexity index is 950. The van der Waals surface area contributed by atoms with Gasteiger partial charge in [0.15, 0.2) is 0 Å². The monoisotopic (exact) mass is 484 g/mol. The van der Waals surface area contributed by atoms with Gasteiger partial charge >= 0.3 is 0 Å². The summed E-state index contributed by atoms with van der Waals surface area (Å²) in [5.74, 6) is 0.274. The normalized spacial score (nSPS) is 15.8. The van der Waals surface area contributed by atoms with E-state index >= 15 is 4.39 Å². The molecular formula is C28H41FN4O2. The van der Waals surface area contributed by atoms with Crippen LogP contribution < -0.4 is 14.5 Å². The topological polar surface area (TPSA) is 39.3 Å². The van der Waals surface area contributed by atoms with E-state index in [-0.39, 0.29) is 11.7 Å². The summed E-state index contributed by atoms with van der Waals surface area (Å²) in [5.41, 5.74) is 1.68. The highest BCUT2D eigenvalue weighted by Gasteiger charge is 2.27. The van der Waals surface area contributed by atoms with Gasteiger partial charge in [0, 0.05) is 37.4 Å². The summed E-state index contributed by atoms with van der Waals surface area (Å²) < 4.78 is 20.8. The zero-order valence-electron chi connectivity index (χ0n) is 22.0. The number of unbranched alkanes of at least 4 members (excludes halogenated alkanes) is 1. The fraction of sp³-hybridized carbons (Fsp3) is 0.536. The molecule has 0 radical (unpaired) electrons. The standard InChI is InChI=1S/C28H41FN4O2/c1-6-7-19-35-25-12-9-22(10-13-25)28(34)32(5)23-11-14-27(26(29)20-23)33-18-15-24(21-33)31(4)17-8-16-30(2)3/h9-14,20,24H,6-8,15-19,21H2,1-5H3. The van der Waals surface area contributed by atoms with Gasteiger partial charge in [0.2, 0.25) is 0 Å². The van der Waals surface area contributed by atoms with Crippen molar-refractivity contribution >= 4 is 17.3 Å². The third-order valence-corrected chi connectivity index (χ3v) is 6.73. The highest BCUT2D eigenvalue weighted by Crippen LogP contribution is 2.29. The van der Waals surface area contributed by atoms with Crippen LogP contribution in [-0.2, 0) is 0 Å². The zero-order valence-corrected chi connectivity index (χ0v) is 22.0. The SMILES string of the molecule is CCCCOc1ccc(C(=O)N(C)c2ccc(N3CCC(N(C)CCCN(C)C)C3)c(F)c2)cc1. The number of carbonyl (C=O) groups is 1. The number of rotatable bonds is 12. The van der Waals surface area contributed by atoms with E-state index in [1.165, 1.54) is 11.0 Å². The van der Waals surface area contributed by atoms with Crippen molar-refractivity contribution in [3.05, 3.63) is 53.8 Å². The van der Waals surface area contributed by atoms with Crippen molar-refractivity contribution in [3.63, 3.8) is 0 Å². The number of benzene rings is 2. The number of halogens is 1. The second kappa shape index (κ2) is 12.9. The van der Waals surface area contributed by atoms with Crippen LogP contribution in [0.25, 0.3) is 0 Å². The second-order valence-electron chi connectivity index (χ2n) is 9.75. The van der Waals surface area contributed by atoms with E-state index in [2.05, 4.69) is 42.8 Å². The molecule has 1 heterocycles. The van der Waals surface area contributed by atoms with E-state index < -0.39 is 0 Å². The van der Waals surface area contributed by atoms with Gasteiger partial charge in [-0.3, -0.25) is 4.79 Å². The molecule has 0 saturated carbocycles. The lowest BCUT2D eigenvalue weighted by Gasteiger charge is -2.26. The summed E-state index contributed by atoms with van der Waals surface area (Å²) in [4.78, 5) is 21.2. The number of amides is 1. The Balaban J connectivity index is 1.59. The first kappa shape index (κ1) is 27.0. The Hall–Kier alpha value is -2.64. The Labute approximate surface area is 210 Å². The van der Waals surface area contributed by atoms with Crippen molar-refractivity contribution in [2.75, 3.05) is 70.8 Å². The van der Waals surface area contributed by atoms with Crippen LogP contribution in [0.2, 0.25) is 0 Å². The average molecular weight is 485 g/mol. The molecule has 6 nitrogen and oxygen atoms in total. The van der Waals surface area contributed by atoms with E-state index in [0.29, 0.717) is 29.6 Å². The number of hydrogen-bond donors (Lipinski definition) is 0. The van der Waals surface area contributed by atoms with E-state index in [4.69, 9.17) is 4.74 Å². The minimum absolute atomic E-state index is 0.183. The van der Waals surface area contributed by atoms with Crippen LogP contribution >= 0.6 is 0 Å². The molecule has 0 aliphatic carbocycles. The summed E-state index contributed by atoms with van der Waals surface area (Å²) in [7, 11) is 8.02. The highest BCUT2D eigenvalue weighted by molar-refractivity contribution is 6.05. The molecule has 7 heteroatoms. The van der Waals surface area contributed by atoms with E-state index in [1.54, 1.807) is 25.2 Å². The average Bonchev–Trinajstić information content (AvgIpc) is 3.33. The number of hydrogen-bond acceptors (Lipinski definition) is 5. The van der Waals surface area contributed by atoms with Crippen molar-refractivity contribution in [2.24, 2.45) is 0 Å². The van der Waals surface area contributed by atoms with Gasteiger partial charge in [-0.05, 0) is 96.0 Å². The molecule has 0 N–H and O–H groups in total. The second-order valence-corrected chi connectivity index (χ2v) is 9.75. The minimum Gasteiger partial charge on any atom is -0.494 e. The fourth-order valence-corrected chi connectivity index (χ4v) is 4.44. The van der Waals surface area contributed by atoms with Gasteiger partial charge in [0.25, 0.3) is 5.91 Å². The molecule has 1 atom stereocenters. The number of carbonyl (C=O) groups excluding carboxylic acids is 1. The van der Waals surface area contributed by atoms with Crippen LogP contribution in [0.3, 0.4) is 0 Å². The summed E-state index contributed by atoms with van der Waals surface area (Å²) >= 11 is 0. The fourth-order valence-electron chi connectivity index (χ4n) is 4.44. The molecule has 1 aliphatic rings. The number of likely N-dealkylation sites (N-methyl/N-ethyl adjacent to an activating group) is 1. The lowest BCUT2D eigenvalue weighted by molar-refractivity contribution is 0.0993. The Kier molecular flexibility index (Phi) is 9.93. The van der Waals surface area contributed by atoms with Crippen molar-refractivity contribution in [1.82, 2.24) is 9.80 Å². The van der Waals surface area contributed by atoms with Crippen LogP contribution in [0.5, 0.6) is 5.75 Å². The quantitative estimate of drug-likeness (QED) is 0.407. The third-order valence-electron chi connectivity index (χ3n) is 6.73. The number of nitrogens with zero attached hydrogens (tertiary/aromatic N) is 4. The van der Waals surface area contributed by atoms with Crippen LogP contribution in [-0.4, -0.2) is 82.7 Å².